The summed E-state index contributed by atoms with van der Waals surface area (Å²) in [5, 5.41) is 8.92. The van der Waals surface area contributed by atoms with Crippen molar-refractivity contribution in [1.82, 2.24) is 19.7 Å². The van der Waals surface area contributed by atoms with Crippen molar-refractivity contribution in [2.24, 2.45) is 0 Å². The molecule has 4 rings (SSSR count). The first-order valence-corrected chi connectivity index (χ1v) is 8.96. The molecule has 2 aromatic carbocycles. The molecular weight excluding hydrogens is 365 g/mol. The first-order chi connectivity index (χ1) is 13.1. The molecule has 2 aromatic heterocycles. The van der Waals surface area contributed by atoms with Gasteiger partial charge in [-0.25, -0.2) is 19.0 Å². The highest BCUT2D eigenvalue weighted by Crippen LogP contribution is 2.25. The van der Waals surface area contributed by atoms with Gasteiger partial charge in [0.05, 0.1) is 5.69 Å². The fraction of sp³-hybridized carbons (Fsp3) is 0.0526. The van der Waals surface area contributed by atoms with Crippen LogP contribution < -0.4 is 5.32 Å². The van der Waals surface area contributed by atoms with Gasteiger partial charge in [-0.2, -0.15) is 5.10 Å². The highest BCUT2D eigenvalue weighted by atomic mass is 32.1. The smallest absolute Gasteiger partial charge is 0.257 e. The molecule has 8 heteroatoms. The number of rotatable bonds is 4. The highest BCUT2D eigenvalue weighted by Gasteiger charge is 2.13. The molecule has 27 heavy (non-hydrogen) atoms. The van der Waals surface area contributed by atoms with E-state index in [4.69, 9.17) is 0 Å². The Bertz CT molecular complexity index is 1090. The van der Waals surface area contributed by atoms with E-state index < -0.39 is 11.7 Å². The topological polar surface area (TPSA) is 72.7 Å². The lowest BCUT2D eigenvalue weighted by Gasteiger charge is -2.06. The van der Waals surface area contributed by atoms with Gasteiger partial charge in [0.2, 0.25) is 0 Å². The van der Waals surface area contributed by atoms with E-state index in [0.717, 1.165) is 11.3 Å². The van der Waals surface area contributed by atoms with Crippen molar-refractivity contribution in [3.8, 4) is 16.9 Å². The van der Waals surface area contributed by atoms with E-state index in [2.05, 4.69) is 20.4 Å². The lowest BCUT2D eigenvalue weighted by Crippen LogP contribution is -2.12. The van der Waals surface area contributed by atoms with Gasteiger partial charge in [0.25, 0.3) is 5.91 Å². The van der Waals surface area contributed by atoms with Crippen LogP contribution in [0.15, 0.2) is 60.5 Å². The summed E-state index contributed by atoms with van der Waals surface area (Å²) in [5.41, 5.74) is 3.34. The zero-order chi connectivity index (χ0) is 18.8. The summed E-state index contributed by atoms with van der Waals surface area (Å²) < 4.78 is 15.6. The van der Waals surface area contributed by atoms with Gasteiger partial charge in [-0.05, 0) is 25.1 Å². The Kier molecular flexibility index (Phi) is 4.47. The molecule has 4 aromatic rings. The second-order valence-electron chi connectivity index (χ2n) is 5.86. The third kappa shape index (κ3) is 3.61. The summed E-state index contributed by atoms with van der Waals surface area (Å²) in [6.07, 6.45) is 2.70. The van der Waals surface area contributed by atoms with E-state index >= 15 is 0 Å². The number of anilines is 1. The molecule has 0 saturated carbocycles. The number of hydrogen-bond acceptors (Lipinski definition) is 5. The monoisotopic (exact) mass is 379 g/mol. The summed E-state index contributed by atoms with van der Waals surface area (Å²) in [5.74, 6) is -0.989. The van der Waals surface area contributed by atoms with Crippen LogP contribution in [0.1, 0.15) is 15.9 Å². The molecule has 0 aliphatic carbocycles. The molecule has 0 atom stereocenters. The average Bonchev–Trinajstić information content (AvgIpc) is 3.34. The van der Waals surface area contributed by atoms with E-state index in [9.17, 15) is 9.18 Å². The molecule has 1 amide bonds. The Labute approximate surface area is 158 Å². The number of thiazole rings is 1. The third-order valence-corrected chi connectivity index (χ3v) is 4.71. The Hall–Kier alpha value is -3.39. The number of benzene rings is 2. The summed E-state index contributed by atoms with van der Waals surface area (Å²) in [6, 6.07) is 12.2. The molecule has 0 radical (unpaired) electrons. The zero-order valence-corrected chi connectivity index (χ0v) is 15.1. The predicted molar refractivity (Wildman–Crippen MR) is 102 cm³/mol. The van der Waals surface area contributed by atoms with Crippen LogP contribution in [0.25, 0.3) is 16.9 Å². The maximum Gasteiger partial charge on any atom is 0.257 e. The minimum Gasteiger partial charge on any atom is -0.298 e. The number of nitrogens with zero attached hydrogens (tertiary/aromatic N) is 4. The van der Waals surface area contributed by atoms with E-state index in [0.29, 0.717) is 5.13 Å². The summed E-state index contributed by atoms with van der Waals surface area (Å²) >= 11 is 1.32. The number of halogens is 1. The van der Waals surface area contributed by atoms with E-state index in [-0.39, 0.29) is 11.3 Å². The van der Waals surface area contributed by atoms with Crippen molar-refractivity contribution in [2.75, 3.05) is 5.32 Å². The number of carbonyl (C=O) groups excluding carboxylic acids is 1. The molecule has 134 valence electrons. The zero-order valence-electron chi connectivity index (χ0n) is 14.3. The number of nitrogens with one attached hydrogen (secondary N) is 1. The lowest BCUT2D eigenvalue weighted by molar-refractivity contribution is 0.102. The molecule has 0 saturated heterocycles. The molecule has 0 spiro atoms. The third-order valence-electron chi connectivity index (χ3n) is 3.95. The first-order valence-electron chi connectivity index (χ1n) is 8.08. The van der Waals surface area contributed by atoms with Crippen molar-refractivity contribution in [1.29, 1.82) is 0 Å². The summed E-state index contributed by atoms with van der Waals surface area (Å²) in [7, 11) is 0. The van der Waals surface area contributed by atoms with Crippen LogP contribution in [-0.4, -0.2) is 25.7 Å². The van der Waals surface area contributed by atoms with Gasteiger partial charge >= 0.3 is 0 Å². The lowest BCUT2D eigenvalue weighted by atomic mass is 10.1. The van der Waals surface area contributed by atoms with Crippen molar-refractivity contribution in [3.05, 3.63) is 77.4 Å². The van der Waals surface area contributed by atoms with Gasteiger partial charge in [0.15, 0.2) is 5.13 Å². The second kappa shape index (κ2) is 7.08. The summed E-state index contributed by atoms with van der Waals surface area (Å²) in [4.78, 5) is 20.6. The van der Waals surface area contributed by atoms with Crippen LogP contribution in [-0.2, 0) is 0 Å². The van der Waals surface area contributed by atoms with Crippen molar-refractivity contribution < 1.29 is 9.18 Å². The first kappa shape index (κ1) is 17.0. The van der Waals surface area contributed by atoms with Crippen molar-refractivity contribution >= 4 is 22.4 Å². The fourth-order valence-corrected chi connectivity index (χ4v) is 3.24. The van der Waals surface area contributed by atoms with E-state index in [1.54, 1.807) is 0 Å². The Morgan fingerprint density at radius 3 is 2.70 bits per heavy atom. The molecule has 0 fully saturated rings. The standard InChI is InChI=1S/C19H14FN5OS/c1-12-2-4-13(5-3-12)16-9-27-19(23-16)24-18(26)14-6-7-17(15(20)8-14)25-11-21-10-22-25/h2-11H,1H3,(H,23,24,26). The Morgan fingerprint density at radius 1 is 1.19 bits per heavy atom. The molecule has 2 heterocycles. The highest BCUT2D eigenvalue weighted by molar-refractivity contribution is 7.14. The van der Waals surface area contributed by atoms with Crippen LogP contribution >= 0.6 is 11.3 Å². The number of aryl methyl sites for hydroxylation is 1. The Morgan fingerprint density at radius 2 is 2.00 bits per heavy atom. The van der Waals surface area contributed by atoms with Crippen LogP contribution in [0, 0.1) is 12.7 Å². The van der Waals surface area contributed by atoms with Gasteiger partial charge in [-0.15, -0.1) is 11.3 Å². The maximum absolute atomic E-state index is 14.3. The quantitative estimate of drug-likeness (QED) is 0.580. The van der Waals surface area contributed by atoms with Crippen LogP contribution in [0.3, 0.4) is 0 Å². The van der Waals surface area contributed by atoms with Crippen molar-refractivity contribution in [3.63, 3.8) is 0 Å². The number of carbonyl (C=O) groups is 1. The summed E-state index contributed by atoms with van der Waals surface area (Å²) in [6.45, 7) is 2.02. The molecule has 0 bridgehead atoms. The van der Waals surface area contributed by atoms with Crippen LogP contribution in [0.4, 0.5) is 9.52 Å². The van der Waals surface area contributed by atoms with Gasteiger partial charge in [0, 0.05) is 16.5 Å². The van der Waals surface area contributed by atoms with Gasteiger partial charge in [0.1, 0.15) is 24.2 Å². The SMILES string of the molecule is Cc1ccc(-c2csc(NC(=O)c3ccc(-n4cncn4)c(F)c3)n2)cc1. The average molecular weight is 379 g/mol. The van der Waals surface area contributed by atoms with E-state index in [1.807, 2.05) is 36.6 Å². The van der Waals surface area contributed by atoms with Crippen LogP contribution in [0.2, 0.25) is 0 Å². The molecule has 6 nitrogen and oxygen atoms in total. The van der Waals surface area contributed by atoms with Crippen LogP contribution in [0.5, 0.6) is 0 Å². The minimum atomic E-state index is -0.562. The molecular formula is C19H14FN5OS. The molecule has 0 aliphatic rings. The number of aromatic nitrogens is 4. The van der Waals surface area contributed by atoms with E-state index in [1.165, 1.54) is 52.4 Å². The predicted octanol–water partition coefficient (Wildman–Crippen LogP) is 4.09. The van der Waals surface area contributed by atoms with Gasteiger partial charge in [-0.3, -0.25) is 10.1 Å². The number of amides is 1. The van der Waals surface area contributed by atoms with Gasteiger partial charge in [-0.1, -0.05) is 29.8 Å². The minimum absolute atomic E-state index is 0.198. The number of hydrogen-bond donors (Lipinski definition) is 1. The largest absolute Gasteiger partial charge is 0.298 e. The van der Waals surface area contributed by atoms with Crippen molar-refractivity contribution in [2.45, 2.75) is 6.92 Å². The maximum atomic E-state index is 14.3. The fourth-order valence-electron chi connectivity index (χ4n) is 2.52. The molecule has 0 aliphatic heterocycles. The second-order valence-corrected chi connectivity index (χ2v) is 6.72. The normalized spacial score (nSPS) is 10.7. The molecule has 1 N–H and O–H groups in total. The Balaban J connectivity index is 1.51. The molecule has 0 unspecified atom stereocenters. The van der Waals surface area contributed by atoms with Gasteiger partial charge < -0.3 is 0 Å².